The summed E-state index contributed by atoms with van der Waals surface area (Å²) in [6.45, 7) is 0.841. The maximum Gasteiger partial charge on any atom is 0.243 e. The molecule has 5 nitrogen and oxygen atoms in total. The summed E-state index contributed by atoms with van der Waals surface area (Å²) in [5.74, 6) is -0.122. The smallest absolute Gasteiger partial charge is 0.243 e. The van der Waals surface area contributed by atoms with Crippen LogP contribution >= 0.6 is 11.3 Å². The molecule has 2 aromatic rings. The summed E-state index contributed by atoms with van der Waals surface area (Å²) in [5, 5.41) is 13.3. The molecule has 2 fully saturated rings. The molecular weight excluding hydrogens is 327 g/mol. The average Bonchev–Trinajstić information content (AvgIpc) is 3.08. The van der Waals surface area contributed by atoms with Crippen molar-refractivity contribution in [3.63, 3.8) is 0 Å². The monoisotopic (exact) mass is 346 g/mol. The molecule has 0 radical (unpaired) electrons. The molecule has 1 aromatic heterocycles. The topological polar surface area (TPSA) is 58.1 Å². The van der Waals surface area contributed by atoms with Gasteiger partial charge in [-0.05, 0) is 43.4 Å². The Balaban J connectivity index is 1.44. The number of halogens is 1. The van der Waals surface area contributed by atoms with Gasteiger partial charge in [0.15, 0.2) is 0 Å². The lowest BCUT2D eigenvalue weighted by atomic mass is 10.2. The van der Waals surface area contributed by atoms with Crippen LogP contribution < -0.4 is 10.2 Å². The molecule has 1 saturated heterocycles. The first-order valence-electron chi connectivity index (χ1n) is 8.33. The van der Waals surface area contributed by atoms with E-state index in [9.17, 15) is 9.18 Å². The summed E-state index contributed by atoms with van der Waals surface area (Å²) in [6, 6.07) is 6.68. The number of rotatable bonds is 5. The van der Waals surface area contributed by atoms with Gasteiger partial charge < -0.3 is 10.2 Å². The minimum absolute atomic E-state index is 0.116. The Labute approximate surface area is 143 Å². The van der Waals surface area contributed by atoms with Crippen LogP contribution in [0.2, 0.25) is 0 Å². The predicted molar refractivity (Wildman–Crippen MR) is 90.6 cm³/mol. The number of nitrogens with one attached hydrogen (secondary N) is 1. The maximum atomic E-state index is 13.0. The third kappa shape index (κ3) is 3.40. The normalized spacial score (nSPS) is 20.4. The fourth-order valence-electron chi connectivity index (χ4n) is 3.00. The highest BCUT2D eigenvalue weighted by Gasteiger charge is 2.35. The number of carbonyl (C=O) groups is 1. The van der Waals surface area contributed by atoms with E-state index in [0.29, 0.717) is 12.5 Å². The van der Waals surface area contributed by atoms with Gasteiger partial charge in [0.25, 0.3) is 0 Å². The van der Waals surface area contributed by atoms with Gasteiger partial charge in [-0.1, -0.05) is 23.5 Å². The number of hydrogen-bond acceptors (Lipinski definition) is 5. The van der Waals surface area contributed by atoms with Crippen molar-refractivity contribution in [2.75, 3.05) is 11.4 Å². The average molecular weight is 346 g/mol. The SMILES string of the molecule is O=C(NC1CC1)C1CCCN1c1nnc(Cc2ccc(F)cc2)s1. The standard InChI is InChI=1S/C17H19FN4OS/c18-12-5-3-11(4-6-12)10-15-20-21-17(24-15)22-9-1-2-14(22)16(23)19-13-7-8-13/h3-6,13-14H,1-2,7-10H2,(H,19,23). The number of aromatic nitrogens is 2. The molecule has 2 aliphatic rings. The van der Waals surface area contributed by atoms with E-state index in [0.717, 1.165) is 47.9 Å². The van der Waals surface area contributed by atoms with E-state index in [2.05, 4.69) is 20.4 Å². The van der Waals surface area contributed by atoms with Crippen molar-refractivity contribution in [3.8, 4) is 0 Å². The van der Waals surface area contributed by atoms with Crippen molar-refractivity contribution >= 4 is 22.4 Å². The number of carbonyl (C=O) groups excluding carboxylic acids is 1. The summed E-state index contributed by atoms with van der Waals surface area (Å²) in [7, 11) is 0. The lowest BCUT2D eigenvalue weighted by Crippen LogP contribution is -2.44. The summed E-state index contributed by atoms with van der Waals surface area (Å²) < 4.78 is 13.0. The van der Waals surface area contributed by atoms with Gasteiger partial charge in [-0.25, -0.2) is 4.39 Å². The van der Waals surface area contributed by atoms with E-state index in [4.69, 9.17) is 0 Å². The van der Waals surface area contributed by atoms with Crippen molar-refractivity contribution in [2.45, 2.75) is 44.2 Å². The van der Waals surface area contributed by atoms with Crippen molar-refractivity contribution in [1.29, 1.82) is 0 Å². The van der Waals surface area contributed by atoms with Gasteiger partial charge in [-0.2, -0.15) is 0 Å². The number of amides is 1. The van der Waals surface area contributed by atoms with Crippen LogP contribution in [0.5, 0.6) is 0 Å². The molecule has 1 aliphatic heterocycles. The van der Waals surface area contributed by atoms with Crippen LogP contribution in [0.15, 0.2) is 24.3 Å². The van der Waals surface area contributed by atoms with E-state index in [1.165, 1.54) is 23.5 Å². The number of hydrogen-bond donors (Lipinski definition) is 1. The minimum atomic E-state index is -0.238. The summed E-state index contributed by atoms with van der Waals surface area (Å²) >= 11 is 1.51. The zero-order chi connectivity index (χ0) is 16.5. The van der Waals surface area contributed by atoms with Gasteiger partial charge in [-0.3, -0.25) is 4.79 Å². The molecule has 1 saturated carbocycles. The second-order valence-electron chi connectivity index (χ2n) is 6.42. The van der Waals surface area contributed by atoms with Crippen LogP contribution in [0.1, 0.15) is 36.3 Å². The zero-order valence-electron chi connectivity index (χ0n) is 13.2. The second kappa shape index (κ2) is 6.47. The number of benzene rings is 1. The molecule has 0 spiro atoms. The van der Waals surface area contributed by atoms with E-state index >= 15 is 0 Å². The van der Waals surface area contributed by atoms with Gasteiger partial charge in [0.05, 0.1) is 0 Å². The van der Waals surface area contributed by atoms with Gasteiger partial charge in [0.2, 0.25) is 11.0 Å². The predicted octanol–water partition coefficient (Wildman–Crippen LogP) is 2.52. The van der Waals surface area contributed by atoms with Crippen LogP contribution in [0.4, 0.5) is 9.52 Å². The van der Waals surface area contributed by atoms with E-state index in [1.807, 2.05) is 0 Å². The third-order valence-corrected chi connectivity index (χ3v) is 5.41. The van der Waals surface area contributed by atoms with Gasteiger partial charge in [-0.15, -0.1) is 10.2 Å². The van der Waals surface area contributed by atoms with Crippen molar-refractivity contribution in [3.05, 3.63) is 40.7 Å². The lowest BCUT2D eigenvalue weighted by Gasteiger charge is -2.22. The summed E-state index contributed by atoms with van der Waals surface area (Å²) in [5.41, 5.74) is 1.00. The molecule has 1 atom stereocenters. The molecule has 2 heterocycles. The van der Waals surface area contributed by atoms with E-state index < -0.39 is 0 Å². The quantitative estimate of drug-likeness (QED) is 0.904. The molecule has 7 heteroatoms. The Morgan fingerprint density at radius 3 is 2.79 bits per heavy atom. The first-order valence-corrected chi connectivity index (χ1v) is 9.14. The van der Waals surface area contributed by atoms with Crippen molar-refractivity contribution in [1.82, 2.24) is 15.5 Å². The van der Waals surface area contributed by atoms with Gasteiger partial charge in [0.1, 0.15) is 16.9 Å². The molecular formula is C17H19FN4OS. The van der Waals surface area contributed by atoms with Crippen LogP contribution in [0, 0.1) is 5.82 Å². The summed E-state index contributed by atoms with van der Waals surface area (Å²) in [6.07, 6.45) is 4.68. The molecule has 24 heavy (non-hydrogen) atoms. The Bertz CT molecular complexity index is 728. The van der Waals surface area contributed by atoms with Crippen molar-refractivity contribution < 1.29 is 9.18 Å². The van der Waals surface area contributed by atoms with Crippen molar-refractivity contribution in [2.24, 2.45) is 0 Å². The first kappa shape index (κ1) is 15.5. The molecule has 0 bridgehead atoms. The highest BCUT2D eigenvalue weighted by atomic mass is 32.1. The Morgan fingerprint density at radius 2 is 2.04 bits per heavy atom. The van der Waals surface area contributed by atoms with Crippen LogP contribution in [0.25, 0.3) is 0 Å². The fourth-order valence-corrected chi connectivity index (χ4v) is 3.95. The molecule has 1 aromatic carbocycles. The lowest BCUT2D eigenvalue weighted by molar-refractivity contribution is -0.122. The minimum Gasteiger partial charge on any atom is -0.352 e. The zero-order valence-corrected chi connectivity index (χ0v) is 14.1. The highest BCUT2D eigenvalue weighted by molar-refractivity contribution is 7.15. The number of nitrogens with zero attached hydrogens (tertiary/aromatic N) is 3. The Hall–Kier alpha value is -2.02. The fraction of sp³-hybridized carbons (Fsp3) is 0.471. The molecule has 1 aliphatic carbocycles. The Morgan fingerprint density at radius 1 is 1.25 bits per heavy atom. The second-order valence-corrected chi connectivity index (χ2v) is 7.46. The summed E-state index contributed by atoms with van der Waals surface area (Å²) in [4.78, 5) is 14.5. The Kier molecular flexibility index (Phi) is 4.18. The molecule has 4 rings (SSSR count). The highest BCUT2D eigenvalue weighted by Crippen LogP contribution is 2.30. The molecule has 126 valence electrons. The number of anilines is 1. The van der Waals surface area contributed by atoms with E-state index in [1.54, 1.807) is 12.1 Å². The molecule has 1 amide bonds. The maximum absolute atomic E-state index is 13.0. The van der Waals surface area contributed by atoms with Gasteiger partial charge in [0, 0.05) is 19.0 Å². The van der Waals surface area contributed by atoms with Crippen LogP contribution in [-0.4, -0.2) is 34.7 Å². The third-order valence-electron chi connectivity index (χ3n) is 4.45. The largest absolute Gasteiger partial charge is 0.352 e. The molecule has 1 N–H and O–H groups in total. The molecule has 1 unspecified atom stereocenters. The van der Waals surface area contributed by atoms with Gasteiger partial charge >= 0.3 is 0 Å². The van der Waals surface area contributed by atoms with E-state index in [-0.39, 0.29) is 17.8 Å². The van der Waals surface area contributed by atoms with Crippen LogP contribution in [-0.2, 0) is 11.2 Å². The van der Waals surface area contributed by atoms with Crippen LogP contribution in [0.3, 0.4) is 0 Å². The first-order chi connectivity index (χ1) is 11.7.